The number of likely N-dealkylation sites (tertiary alicyclic amines) is 1. The van der Waals surface area contributed by atoms with Gasteiger partial charge in [-0.3, -0.25) is 4.79 Å². The molecule has 3 rings (SSSR count). The molecule has 1 aliphatic heterocycles. The van der Waals surface area contributed by atoms with E-state index in [-0.39, 0.29) is 24.5 Å². The van der Waals surface area contributed by atoms with Gasteiger partial charge in [-0.25, -0.2) is 4.79 Å². The molecule has 1 aliphatic rings. The highest BCUT2D eigenvalue weighted by Gasteiger charge is 2.32. The number of ether oxygens (including phenoxy) is 1. The minimum atomic E-state index is -0.255. The van der Waals surface area contributed by atoms with E-state index in [1.165, 1.54) is 0 Å². The summed E-state index contributed by atoms with van der Waals surface area (Å²) in [7, 11) is 0. The van der Waals surface area contributed by atoms with Crippen LogP contribution < -0.4 is 5.32 Å². The van der Waals surface area contributed by atoms with Crippen LogP contribution in [0.5, 0.6) is 0 Å². The molecule has 2 heterocycles. The fourth-order valence-corrected chi connectivity index (χ4v) is 3.45. The second-order valence-corrected chi connectivity index (χ2v) is 6.93. The van der Waals surface area contributed by atoms with Gasteiger partial charge in [-0.05, 0) is 43.9 Å². The van der Waals surface area contributed by atoms with Crippen molar-refractivity contribution in [3.63, 3.8) is 0 Å². The summed E-state index contributed by atoms with van der Waals surface area (Å²) in [6.45, 7) is 4.93. The van der Waals surface area contributed by atoms with Crippen molar-refractivity contribution in [2.24, 2.45) is 0 Å². The number of rotatable bonds is 7. The molecule has 0 aliphatic carbocycles. The average molecular weight is 385 g/mol. The predicted molar refractivity (Wildman–Crippen MR) is 105 cm³/mol. The quantitative estimate of drug-likeness (QED) is 0.725. The average Bonchev–Trinajstić information content (AvgIpc) is 3.33. The lowest BCUT2D eigenvalue weighted by atomic mass is 10.1. The van der Waals surface area contributed by atoms with E-state index in [0.29, 0.717) is 18.8 Å². The molecule has 0 unspecified atom stereocenters. The first-order valence-corrected chi connectivity index (χ1v) is 9.88. The summed E-state index contributed by atoms with van der Waals surface area (Å²) in [5, 5.41) is 7.10. The number of hydrogen-bond acceptors (Lipinski definition) is 5. The maximum atomic E-state index is 12.8. The minimum absolute atomic E-state index is 0.0579. The van der Waals surface area contributed by atoms with E-state index >= 15 is 0 Å². The molecule has 28 heavy (non-hydrogen) atoms. The van der Waals surface area contributed by atoms with Gasteiger partial charge < -0.3 is 19.5 Å². The van der Waals surface area contributed by atoms with Gasteiger partial charge in [0.1, 0.15) is 11.5 Å². The van der Waals surface area contributed by atoms with Gasteiger partial charge >= 0.3 is 12.0 Å². The molecule has 1 fully saturated rings. The largest absolute Gasteiger partial charge is 0.466 e. The number of nitrogens with zero attached hydrogens (tertiary/aromatic N) is 2. The Bertz CT molecular complexity index is 800. The third-order valence-electron chi connectivity index (χ3n) is 4.79. The highest BCUT2D eigenvalue weighted by Crippen LogP contribution is 2.32. The molecule has 7 nitrogen and oxygen atoms in total. The van der Waals surface area contributed by atoms with Crippen molar-refractivity contribution in [1.82, 2.24) is 10.1 Å². The van der Waals surface area contributed by atoms with Crippen LogP contribution in [0.15, 0.2) is 34.9 Å². The number of aromatic nitrogens is 1. The lowest BCUT2D eigenvalue weighted by Crippen LogP contribution is -2.34. The number of aryl methyl sites for hydroxylation is 1. The van der Waals surface area contributed by atoms with Crippen molar-refractivity contribution in [3.05, 3.63) is 47.3 Å². The molecule has 1 N–H and O–H groups in total. The van der Waals surface area contributed by atoms with Gasteiger partial charge in [0.25, 0.3) is 0 Å². The van der Waals surface area contributed by atoms with Gasteiger partial charge in [0.15, 0.2) is 0 Å². The number of carbonyl (C=O) groups is 2. The number of carbonyl (C=O) groups excluding carboxylic acids is 2. The van der Waals surface area contributed by atoms with Crippen molar-refractivity contribution >= 4 is 17.7 Å². The summed E-state index contributed by atoms with van der Waals surface area (Å²) >= 11 is 0. The Morgan fingerprint density at radius 1 is 1.29 bits per heavy atom. The molecule has 0 saturated carbocycles. The topological polar surface area (TPSA) is 84.7 Å². The summed E-state index contributed by atoms with van der Waals surface area (Å²) in [5.41, 5.74) is 2.36. The van der Waals surface area contributed by atoms with Crippen molar-refractivity contribution in [3.8, 4) is 0 Å². The third kappa shape index (κ3) is 4.91. The van der Waals surface area contributed by atoms with Crippen LogP contribution in [-0.4, -0.2) is 35.2 Å². The maximum Gasteiger partial charge on any atom is 0.322 e. The van der Waals surface area contributed by atoms with Crippen LogP contribution in [0.4, 0.5) is 10.5 Å². The summed E-state index contributed by atoms with van der Waals surface area (Å²) in [6, 6.07) is 8.99. The summed E-state index contributed by atoms with van der Waals surface area (Å²) in [4.78, 5) is 26.1. The standard InChI is InChI=1S/C21H27N3O4/c1-3-6-17-14-18(23-28-17)19-7-5-12-24(19)21(26)22-16-10-8-15(9-11-16)13-20(25)27-4-2/h8-11,14,19H,3-7,12-13H2,1-2H3,(H,22,26)/t19-/m1/s1. The molecule has 1 aromatic heterocycles. The second-order valence-electron chi connectivity index (χ2n) is 6.93. The van der Waals surface area contributed by atoms with Gasteiger partial charge in [0.2, 0.25) is 0 Å². The van der Waals surface area contributed by atoms with Gasteiger partial charge in [-0.15, -0.1) is 0 Å². The lowest BCUT2D eigenvalue weighted by molar-refractivity contribution is -0.142. The molecule has 150 valence electrons. The molecular formula is C21H27N3O4. The van der Waals surface area contributed by atoms with E-state index in [2.05, 4.69) is 17.4 Å². The number of benzene rings is 1. The minimum Gasteiger partial charge on any atom is -0.466 e. The fourth-order valence-electron chi connectivity index (χ4n) is 3.45. The molecular weight excluding hydrogens is 358 g/mol. The highest BCUT2D eigenvalue weighted by atomic mass is 16.5. The first-order chi connectivity index (χ1) is 13.6. The van der Waals surface area contributed by atoms with Crippen molar-refractivity contribution in [2.75, 3.05) is 18.5 Å². The van der Waals surface area contributed by atoms with Crippen LogP contribution in [0.1, 0.15) is 56.2 Å². The SMILES string of the molecule is CCCc1cc([C@H]2CCCN2C(=O)Nc2ccc(CC(=O)OCC)cc2)no1. The summed E-state index contributed by atoms with van der Waals surface area (Å²) < 4.78 is 10.3. The van der Waals surface area contributed by atoms with Crippen LogP contribution in [0, 0.1) is 0 Å². The molecule has 7 heteroatoms. The molecule has 1 saturated heterocycles. The zero-order valence-electron chi connectivity index (χ0n) is 16.4. The van der Waals surface area contributed by atoms with Crippen molar-refractivity contribution in [1.29, 1.82) is 0 Å². The Balaban J connectivity index is 1.60. The smallest absolute Gasteiger partial charge is 0.322 e. The molecule has 1 atom stereocenters. The fraction of sp³-hybridized carbons (Fsp3) is 0.476. The van der Waals surface area contributed by atoms with Crippen LogP contribution in [0.25, 0.3) is 0 Å². The third-order valence-corrected chi connectivity index (χ3v) is 4.79. The molecule has 2 aromatic rings. The Morgan fingerprint density at radius 2 is 2.07 bits per heavy atom. The number of amides is 2. The van der Waals surface area contributed by atoms with E-state index in [9.17, 15) is 9.59 Å². The van der Waals surface area contributed by atoms with Crippen molar-refractivity contribution < 1.29 is 18.8 Å². The molecule has 2 amide bonds. The van der Waals surface area contributed by atoms with Gasteiger partial charge in [-0.1, -0.05) is 24.2 Å². The van der Waals surface area contributed by atoms with Crippen LogP contribution >= 0.6 is 0 Å². The van der Waals surface area contributed by atoms with Gasteiger partial charge in [0.05, 0.1) is 19.1 Å². The normalized spacial score (nSPS) is 16.2. The first kappa shape index (κ1) is 19.9. The van der Waals surface area contributed by atoms with E-state index in [0.717, 1.165) is 42.7 Å². The lowest BCUT2D eigenvalue weighted by Gasteiger charge is -2.23. The van der Waals surface area contributed by atoms with Crippen LogP contribution in [0.3, 0.4) is 0 Å². The molecule has 0 bridgehead atoms. The zero-order chi connectivity index (χ0) is 19.9. The van der Waals surface area contributed by atoms with E-state index in [1.807, 2.05) is 18.2 Å². The van der Waals surface area contributed by atoms with E-state index < -0.39 is 0 Å². The monoisotopic (exact) mass is 385 g/mol. The van der Waals surface area contributed by atoms with E-state index in [4.69, 9.17) is 9.26 Å². The Kier molecular flexibility index (Phi) is 6.68. The number of nitrogens with one attached hydrogen (secondary N) is 1. The Morgan fingerprint density at radius 3 is 2.79 bits per heavy atom. The van der Waals surface area contributed by atoms with Crippen LogP contribution in [0.2, 0.25) is 0 Å². The van der Waals surface area contributed by atoms with Gasteiger partial charge in [-0.2, -0.15) is 0 Å². The number of esters is 1. The molecule has 0 spiro atoms. The number of hydrogen-bond donors (Lipinski definition) is 1. The summed E-state index contributed by atoms with van der Waals surface area (Å²) in [6.07, 6.45) is 3.89. The van der Waals surface area contributed by atoms with E-state index in [1.54, 1.807) is 24.0 Å². The van der Waals surface area contributed by atoms with Crippen molar-refractivity contribution in [2.45, 2.75) is 52.0 Å². The zero-order valence-corrected chi connectivity index (χ0v) is 16.4. The predicted octanol–water partition coefficient (Wildman–Crippen LogP) is 4.10. The van der Waals surface area contributed by atoms with Gasteiger partial charge in [0, 0.05) is 24.7 Å². The Hall–Kier alpha value is -2.83. The number of anilines is 1. The number of urea groups is 1. The van der Waals surface area contributed by atoms with Crippen LogP contribution in [-0.2, 0) is 22.4 Å². The highest BCUT2D eigenvalue weighted by molar-refractivity contribution is 5.89. The Labute approximate surface area is 165 Å². The molecule has 1 aromatic carbocycles. The maximum absolute atomic E-state index is 12.8. The second kappa shape index (κ2) is 9.39. The first-order valence-electron chi connectivity index (χ1n) is 9.88. The summed E-state index contributed by atoms with van der Waals surface area (Å²) in [5.74, 6) is 0.608. The molecule has 0 radical (unpaired) electrons.